The Morgan fingerprint density at radius 1 is 1.42 bits per heavy atom. The van der Waals surface area contributed by atoms with Crippen molar-refractivity contribution in [3.8, 4) is 0 Å². The topological polar surface area (TPSA) is 86.9 Å². The lowest BCUT2D eigenvalue weighted by molar-refractivity contribution is 0.562. The number of nitrogens with one attached hydrogen (secondary N) is 3. The highest BCUT2D eigenvalue weighted by atomic mass is 32.2. The number of H-pyrrole nitrogens is 1. The minimum Gasteiger partial charge on any atom is -0.309 e. The minimum atomic E-state index is -3.46. The molecule has 108 valence electrons. The van der Waals surface area contributed by atoms with Gasteiger partial charge in [-0.3, -0.25) is 5.10 Å². The van der Waals surface area contributed by atoms with Crippen LogP contribution in [-0.2, 0) is 16.6 Å². The van der Waals surface area contributed by atoms with Gasteiger partial charge in [-0.2, -0.15) is 5.10 Å². The predicted octanol–water partition coefficient (Wildman–Crippen LogP) is 0.904. The van der Waals surface area contributed by atoms with Gasteiger partial charge in [0.05, 0.1) is 11.4 Å². The van der Waals surface area contributed by atoms with Crippen LogP contribution in [0, 0.1) is 12.8 Å². The second-order valence-electron chi connectivity index (χ2n) is 5.46. The summed E-state index contributed by atoms with van der Waals surface area (Å²) in [6.07, 6.45) is 2.24. The van der Waals surface area contributed by atoms with Gasteiger partial charge < -0.3 is 5.32 Å². The highest BCUT2D eigenvalue weighted by Gasteiger charge is 2.28. The molecule has 1 aromatic heterocycles. The van der Waals surface area contributed by atoms with E-state index in [1.807, 2.05) is 13.8 Å². The number of aromatic amines is 1. The van der Waals surface area contributed by atoms with Crippen LogP contribution in [0.2, 0.25) is 0 Å². The zero-order chi connectivity index (χ0) is 14.0. The smallest absolute Gasteiger partial charge is 0.244 e. The molecule has 6 nitrogen and oxygen atoms in total. The molecule has 1 aliphatic rings. The molecule has 1 aliphatic carbocycles. The zero-order valence-corrected chi connectivity index (χ0v) is 12.5. The summed E-state index contributed by atoms with van der Waals surface area (Å²) in [7, 11) is -3.46. The Hall–Kier alpha value is -0.920. The minimum absolute atomic E-state index is 0.284. The lowest BCUT2D eigenvalue weighted by Crippen LogP contribution is -2.28. The fourth-order valence-electron chi connectivity index (χ4n) is 1.87. The molecule has 0 aliphatic heterocycles. The van der Waals surface area contributed by atoms with Gasteiger partial charge >= 0.3 is 0 Å². The summed E-state index contributed by atoms with van der Waals surface area (Å²) >= 11 is 0. The average Bonchev–Trinajstić information content (AvgIpc) is 3.07. The third-order valence-electron chi connectivity index (χ3n) is 3.17. The maximum Gasteiger partial charge on any atom is 0.244 e. The molecule has 1 fully saturated rings. The molecule has 3 N–H and O–H groups in total. The van der Waals surface area contributed by atoms with Crippen LogP contribution in [0.1, 0.15) is 38.1 Å². The molecule has 1 aromatic rings. The monoisotopic (exact) mass is 286 g/mol. The van der Waals surface area contributed by atoms with Crippen LogP contribution in [0.4, 0.5) is 0 Å². The lowest BCUT2D eigenvalue weighted by atomic mass is 10.3. The van der Waals surface area contributed by atoms with Crippen LogP contribution in [0.15, 0.2) is 4.90 Å². The maximum absolute atomic E-state index is 12.3. The first kappa shape index (κ1) is 14.5. The first-order chi connectivity index (χ1) is 8.90. The average molecular weight is 286 g/mol. The van der Waals surface area contributed by atoms with Crippen LogP contribution in [-0.4, -0.2) is 31.2 Å². The van der Waals surface area contributed by atoms with Crippen LogP contribution >= 0.6 is 0 Å². The third kappa shape index (κ3) is 3.77. The van der Waals surface area contributed by atoms with E-state index in [-0.39, 0.29) is 6.04 Å². The summed E-state index contributed by atoms with van der Waals surface area (Å²) in [4.78, 5) is 0.293. The standard InChI is InChI=1S/C12H22N4O2S/c1-8(2)13-7-11-12(9(3)15-16-11)19(17,18)14-6-10-4-5-10/h8,10,13-14H,4-7H2,1-3H3,(H,15,16). The molecular formula is C12H22N4O2S. The van der Waals surface area contributed by atoms with Crippen LogP contribution in [0.5, 0.6) is 0 Å². The van der Waals surface area contributed by atoms with Crippen molar-refractivity contribution in [3.05, 3.63) is 11.4 Å². The van der Waals surface area contributed by atoms with Crippen LogP contribution in [0.25, 0.3) is 0 Å². The van der Waals surface area contributed by atoms with E-state index >= 15 is 0 Å². The molecule has 0 radical (unpaired) electrons. The van der Waals surface area contributed by atoms with E-state index in [4.69, 9.17) is 0 Å². The Labute approximate surface area is 114 Å². The molecule has 0 saturated heterocycles. The van der Waals surface area contributed by atoms with Crippen molar-refractivity contribution < 1.29 is 8.42 Å². The van der Waals surface area contributed by atoms with Gasteiger partial charge in [0.1, 0.15) is 4.90 Å². The van der Waals surface area contributed by atoms with E-state index in [1.165, 1.54) is 0 Å². The second-order valence-corrected chi connectivity index (χ2v) is 7.16. The number of rotatable bonds is 7. The molecule has 2 rings (SSSR count). The second kappa shape index (κ2) is 5.60. The Morgan fingerprint density at radius 3 is 2.68 bits per heavy atom. The summed E-state index contributed by atoms with van der Waals surface area (Å²) in [6, 6.07) is 0.284. The maximum atomic E-state index is 12.3. The Kier molecular flexibility index (Phi) is 4.27. The lowest BCUT2D eigenvalue weighted by Gasteiger charge is -2.09. The quantitative estimate of drug-likeness (QED) is 0.695. The highest BCUT2D eigenvalue weighted by molar-refractivity contribution is 7.89. The SMILES string of the molecule is Cc1[nH]nc(CNC(C)C)c1S(=O)(=O)NCC1CC1. The van der Waals surface area contributed by atoms with Crippen molar-refractivity contribution in [2.24, 2.45) is 5.92 Å². The number of sulfonamides is 1. The molecule has 0 amide bonds. The van der Waals surface area contributed by atoms with Gasteiger partial charge in [-0.15, -0.1) is 0 Å². The van der Waals surface area contributed by atoms with Gasteiger partial charge in [0.15, 0.2) is 0 Å². The third-order valence-corrected chi connectivity index (χ3v) is 4.79. The first-order valence-corrected chi connectivity index (χ1v) is 8.15. The zero-order valence-electron chi connectivity index (χ0n) is 11.7. The van der Waals surface area contributed by atoms with Gasteiger partial charge in [0.2, 0.25) is 10.0 Å². The van der Waals surface area contributed by atoms with Crippen molar-refractivity contribution >= 4 is 10.0 Å². The molecule has 1 saturated carbocycles. The first-order valence-electron chi connectivity index (χ1n) is 6.67. The molecular weight excluding hydrogens is 264 g/mol. The molecule has 0 aromatic carbocycles. The predicted molar refractivity (Wildman–Crippen MR) is 73.2 cm³/mol. The Morgan fingerprint density at radius 2 is 2.11 bits per heavy atom. The van der Waals surface area contributed by atoms with Gasteiger partial charge in [-0.25, -0.2) is 13.1 Å². The molecule has 0 bridgehead atoms. The van der Waals surface area contributed by atoms with E-state index < -0.39 is 10.0 Å². The summed E-state index contributed by atoms with van der Waals surface area (Å²) in [5.41, 5.74) is 1.14. The number of hydrogen-bond donors (Lipinski definition) is 3. The van der Waals surface area contributed by atoms with Crippen molar-refractivity contribution in [3.63, 3.8) is 0 Å². The van der Waals surface area contributed by atoms with Crippen molar-refractivity contribution in [1.29, 1.82) is 0 Å². The summed E-state index contributed by atoms with van der Waals surface area (Å²) in [6.45, 7) is 6.74. The van der Waals surface area contributed by atoms with E-state index in [0.717, 1.165) is 12.8 Å². The van der Waals surface area contributed by atoms with Crippen molar-refractivity contribution in [2.45, 2.75) is 51.1 Å². The molecule has 0 spiro atoms. The molecule has 7 heteroatoms. The molecule has 0 atom stereocenters. The van der Waals surface area contributed by atoms with Crippen LogP contribution < -0.4 is 10.0 Å². The van der Waals surface area contributed by atoms with E-state index in [9.17, 15) is 8.42 Å². The summed E-state index contributed by atoms with van der Waals surface area (Å²) in [5.74, 6) is 0.513. The molecule has 19 heavy (non-hydrogen) atoms. The molecule has 1 heterocycles. The van der Waals surface area contributed by atoms with Gasteiger partial charge in [-0.05, 0) is 25.7 Å². The van der Waals surface area contributed by atoms with Gasteiger partial charge in [0.25, 0.3) is 0 Å². The fourth-order valence-corrected chi connectivity index (χ4v) is 3.34. The Balaban J connectivity index is 2.14. The largest absolute Gasteiger partial charge is 0.309 e. The van der Waals surface area contributed by atoms with E-state index in [1.54, 1.807) is 6.92 Å². The van der Waals surface area contributed by atoms with Gasteiger partial charge in [0, 0.05) is 19.1 Å². The summed E-state index contributed by atoms with van der Waals surface area (Å²) < 4.78 is 27.3. The van der Waals surface area contributed by atoms with Crippen molar-refractivity contribution in [2.75, 3.05) is 6.54 Å². The fraction of sp³-hybridized carbons (Fsp3) is 0.750. The molecule has 0 unspecified atom stereocenters. The van der Waals surface area contributed by atoms with Gasteiger partial charge in [-0.1, -0.05) is 13.8 Å². The van der Waals surface area contributed by atoms with E-state index in [2.05, 4.69) is 20.2 Å². The Bertz CT molecular complexity index is 532. The number of hydrogen-bond acceptors (Lipinski definition) is 4. The number of aryl methyl sites for hydroxylation is 1. The highest BCUT2D eigenvalue weighted by Crippen LogP contribution is 2.28. The van der Waals surface area contributed by atoms with Crippen molar-refractivity contribution in [1.82, 2.24) is 20.2 Å². The number of aromatic nitrogens is 2. The number of nitrogens with zero attached hydrogens (tertiary/aromatic N) is 1. The van der Waals surface area contributed by atoms with E-state index in [0.29, 0.717) is 35.3 Å². The normalized spacial score (nSPS) is 16.2. The van der Waals surface area contributed by atoms with Crippen LogP contribution in [0.3, 0.4) is 0 Å². The summed E-state index contributed by atoms with van der Waals surface area (Å²) in [5, 5.41) is 10.0.